The summed E-state index contributed by atoms with van der Waals surface area (Å²) >= 11 is 0. The maximum atomic E-state index is 5.68. The van der Waals surface area contributed by atoms with E-state index in [0.29, 0.717) is 0 Å². The fourth-order valence-electron chi connectivity index (χ4n) is 1.97. The molecule has 1 aromatic rings. The van der Waals surface area contributed by atoms with Crippen LogP contribution in [0.15, 0.2) is 18.5 Å². The molecule has 0 amide bonds. The van der Waals surface area contributed by atoms with Crippen LogP contribution in [0.1, 0.15) is 24.8 Å². The minimum atomic E-state index is 0.763. The lowest BCUT2D eigenvalue weighted by Crippen LogP contribution is -2.29. The molecule has 1 fully saturated rings. The number of nitrogens with zero attached hydrogens (tertiary/aromatic N) is 2. The lowest BCUT2D eigenvalue weighted by molar-refractivity contribution is 0.220. The van der Waals surface area contributed by atoms with E-state index in [1.165, 1.54) is 37.9 Å². The maximum absolute atomic E-state index is 5.68. The van der Waals surface area contributed by atoms with E-state index >= 15 is 0 Å². The summed E-state index contributed by atoms with van der Waals surface area (Å²) in [5.41, 5.74) is 7.67. The van der Waals surface area contributed by atoms with E-state index in [2.05, 4.69) is 9.88 Å². The molecular formula is C11H17N3. The smallest absolute Gasteiger partial charge is 0.0503 e. The first-order valence-electron chi connectivity index (χ1n) is 5.26. The van der Waals surface area contributed by atoms with Crippen LogP contribution < -0.4 is 5.73 Å². The minimum absolute atomic E-state index is 0.763. The summed E-state index contributed by atoms with van der Waals surface area (Å²) in [6.45, 7) is 3.43. The molecule has 1 saturated heterocycles. The van der Waals surface area contributed by atoms with Gasteiger partial charge in [0.25, 0.3) is 0 Å². The van der Waals surface area contributed by atoms with Gasteiger partial charge in [-0.05, 0) is 37.6 Å². The number of piperidine rings is 1. The number of anilines is 1. The van der Waals surface area contributed by atoms with Gasteiger partial charge >= 0.3 is 0 Å². The number of hydrogen-bond acceptors (Lipinski definition) is 3. The Bertz CT molecular complexity index is 292. The molecule has 0 unspecified atom stereocenters. The summed E-state index contributed by atoms with van der Waals surface area (Å²) in [5, 5.41) is 0. The van der Waals surface area contributed by atoms with E-state index in [-0.39, 0.29) is 0 Å². The highest BCUT2D eigenvalue weighted by molar-refractivity contribution is 5.36. The second kappa shape index (κ2) is 4.42. The standard InChI is InChI=1S/C11H17N3/c12-11-6-10(7-13-8-11)9-14-4-2-1-3-5-14/h6-8H,1-5,9,12H2. The van der Waals surface area contributed by atoms with Crippen molar-refractivity contribution in [2.75, 3.05) is 18.8 Å². The fraction of sp³-hybridized carbons (Fsp3) is 0.545. The Morgan fingerprint density at radius 3 is 2.71 bits per heavy atom. The Morgan fingerprint density at radius 1 is 1.21 bits per heavy atom. The van der Waals surface area contributed by atoms with Crippen LogP contribution in [0.3, 0.4) is 0 Å². The molecule has 2 heterocycles. The Hall–Kier alpha value is -1.09. The van der Waals surface area contributed by atoms with Crippen LogP contribution in [0.4, 0.5) is 5.69 Å². The molecule has 0 atom stereocenters. The molecule has 0 bridgehead atoms. The van der Waals surface area contributed by atoms with Crippen LogP contribution in [-0.4, -0.2) is 23.0 Å². The topological polar surface area (TPSA) is 42.1 Å². The highest BCUT2D eigenvalue weighted by Gasteiger charge is 2.10. The zero-order valence-electron chi connectivity index (χ0n) is 8.45. The zero-order valence-corrected chi connectivity index (χ0v) is 8.45. The molecule has 2 rings (SSSR count). The number of nitrogen functional groups attached to an aromatic ring is 1. The zero-order chi connectivity index (χ0) is 9.80. The normalized spacial score (nSPS) is 18.3. The van der Waals surface area contributed by atoms with Crippen molar-refractivity contribution >= 4 is 5.69 Å². The molecule has 1 aromatic heterocycles. The van der Waals surface area contributed by atoms with Gasteiger partial charge in [0.1, 0.15) is 0 Å². The largest absolute Gasteiger partial charge is 0.397 e. The van der Waals surface area contributed by atoms with Crippen LogP contribution >= 0.6 is 0 Å². The summed E-state index contributed by atoms with van der Waals surface area (Å²) in [5.74, 6) is 0. The molecule has 0 aliphatic carbocycles. The highest BCUT2D eigenvalue weighted by atomic mass is 15.1. The molecule has 0 spiro atoms. The summed E-state index contributed by atoms with van der Waals surface area (Å²) < 4.78 is 0. The maximum Gasteiger partial charge on any atom is 0.0503 e. The van der Waals surface area contributed by atoms with Crippen LogP contribution in [0, 0.1) is 0 Å². The Balaban J connectivity index is 1.95. The molecule has 3 heteroatoms. The molecule has 76 valence electrons. The lowest BCUT2D eigenvalue weighted by atomic mass is 10.1. The van der Waals surface area contributed by atoms with Crippen molar-refractivity contribution in [1.82, 2.24) is 9.88 Å². The van der Waals surface area contributed by atoms with Crippen molar-refractivity contribution in [3.8, 4) is 0 Å². The van der Waals surface area contributed by atoms with Gasteiger partial charge in [-0.25, -0.2) is 0 Å². The van der Waals surface area contributed by atoms with Crippen LogP contribution in [0.5, 0.6) is 0 Å². The van der Waals surface area contributed by atoms with E-state index in [9.17, 15) is 0 Å². The first-order valence-corrected chi connectivity index (χ1v) is 5.26. The molecule has 1 aliphatic heterocycles. The molecule has 0 aromatic carbocycles. The Labute approximate surface area is 84.9 Å². The summed E-state index contributed by atoms with van der Waals surface area (Å²) in [6, 6.07) is 2.02. The van der Waals surface area contributed by atoms with Crippen molar-refractivity contribution in [2.45, 2.75) is 25.8 Å². The minimum Gasteiger partial charge on any atom is -0.397 e. The third-order valence-corrected chi connectivity index (χ3v) is 2.67. The van der Waals surface area contributed by atoms with Gasteiger partial charge in [-0.3, -0.25) is 9.88 Å². The Kier molecular flexibility index (Phi) is 2.99. The molecule has 14 heavy (non-hydrogen) atoms. The van der Waals surface area contributed by atoms with Gasteiger partial charge in [-0.1, -0.05) is 6.42 Å². The molecule has 3 nitrogen and oxygen atoms in total. The van der Waals surface area contributed by atoms with E-state index in [1.54, 1.807) is 6.20 Å². The van der Waals surface area contributed by atoms with Crippen molar-refractivity contribution in [3.05, 3.63) is 24.0 Å². The summed E-state index contributed by atoms with van der Waals surface area (Å²) in [7, 11) is 0. The van der Waals surface area contributed by atoms with Crippen molar-refractivity contribution in [3.63, 3.8) is 0 Å². The van der Waals surface area contributed by atoms with Crippen LogP contribution in [-0.2, 0) is 6.54 Å². The third-order valence-electron chi connectivity index (χ3n) is 2.67. The average Bonchev–Trinajstić information content (AvgIpc) is 2.19. The predicted molar refractivity (Wildman–Crippen MR) is 57.8 cm³/mol. The quantitative estimate of drug-likeness (QED) is 0.773. The van der Waals surface area contributed by atoms with Crippen molar-refractivity contribution in [1.29, 1.82) is 0 Å². The molecule has 1 aliphatic rings. The summed E-state index contributed by atoms with van der Waals surface area (Å²) in [6.07, 6.45) is 7.64. The molecule has 0 saturated carbocycles. The predicted octanol–water partition coefficient (Wildman–Crippen LogP) is 1.65. The van der Waals surface area contributed by atoms with Crippen LogP contribution in [0.2, 0.25) is 0 Å². The molecule has 2 N–H and O–H groups in total. The van der Waals surface area contributed by atoms with E-state index in [1.807, 2.05) is 12.3 Å². The lowest BCUT2D eigenvalue weighted by Gasteiger charge is -2.26. The number of aromatic nitrogens is 1. The van der Waals surface area contributed by atoms with E-state index in [0.717, 1.165) is 12.2 Å². The first kappa shape index (κ1) is 9.46. The van der Waals surface area contributed by atoms with Crippen molar-refractivity contribution in [2.24, 2.45) is 0 Å². The van der Waals surface area contributed by atoms with E-state index < -0.39 is 0 Å². The average molecular weight is 191 g/mol. The van der Waals surface area contributed by atoms with Gasteiger partial charge in [0, 0.05) is 18.9 Å². The number of hydrogen-bond donors (Lipinski definition) is 1. The molecular weight excluding hydrogens is 174 g/mol. The van der Waals surface area contributed by atoms with E-state index in [4.69, 9.17) is 5.73 Å². The van der Waals surface area contributed by atoms with Gasteiger partial charge in [0.15, 0.2) is 0 Å². The second-order valence-electron chi connectivity index (χ2n) is 3.96. The van der Waals surface area contributed by atoms with Gasteiger partial charge in [0.2, 0.25) is 0 Å². The fourth-order valence-corrected chi connectivity index (χ4v) is 1.97. The second-order valence-corrected chi connectivity index (χ2v) is 3.96. The van der Waals surface area contributed by atoms with Gasteiger partial charge in [0.05, 0.1) is 5.69 Å². The number of rotatable bonds is 2. The first-order chi connectivity index (χ1) is 6.84. The van der Waals surface area contributed by atoms with Gasteiger partial charge < -0.3 is 5.73 Å². The highest BCUT2D eigenvalue weighted by Crippen LogP contribution is 2.13. The number of likely N-dealkylation sites (tertiary alicyclic amines) is 1. The number of pyridine rings is 1. The SMILES string of the molecule is Nc1cncc(CN2CCCCC2)c1. The molecule has 0 radical (unpaired) electrons. The van der Waals surface area contributed by atoms with Gasteiger partial charge in [-0.2, -0.15) is 0 Å². The Morgan fingerprint density at radius 2 is 2.00 bits per heavy atom. The summed E-state index contributed by atoms with van der Waals surface area (Å²) in [4.78, 5) is 6.57. The van der Waals surface area contributed by atoms with Crippen molar-refractivity contribution < 1.29 is 0 Å². The van der Waals surface area contributed by atoms with Gasteiger partial charge in [-0.15, -0.1) is 0 Å². The third kappa shape index (κ3) is 2.45. The number of nitrogens with two attached hydrogens (primary N) is 1. The van der Waals surface area contributed by atoms with Crippen LogP contribution in [0.25, 0.3) is 0 Å². The monoisotopic (exact) mass is 191 g/mol.